The summed E-state index contributed by atoms with van der Waals surface area (Å²) < 4.78 is 11.9. The Kier molecular flexibility index (Phi) is 5.25. The molecule has 2 saturated heterocycles. The molecule has 4 amide bonds. The Hall–Kier alpha value is -2.91. The van der Waals surface area contributed by atoms with Crippen LogP contribution in [-0.4, -0.2) is 44.1 Å². The van der Waals surface area contributed by atoms with Crippen molar-refractivity contribution in [3.63, 3.8) is 0 Å². The third kappa shape index (κ3) is 3.70. The van der Waals surface area contributed by atoms with Crippen molar-refractivity contribution in [2.24, 2.45) is 0 Å². The van der Waals surface area contributed by atoms with Crippen LogP contribution in [0.5, 0.6) is 0 Å². The molecule has 2 aliphatic rings. The number of nitrogens with zero attached hydrogens (tertiary/aromatic N) is 2. The monoisotopic (exact) mass is 459 g/mol. The maximum absolute atomic E-state index is 13.0. The van der Waals surface area contributed by atoms with Gasteiger partial charge in [0.05, 0.1) is 23.4 Å². The summed E-state index contributed by atoms with van der Waals surface area (Å²) >= 11 is 3.46. The summed E-state index contributed by atoms with van der Waals surface area (Å²) in [4.78, 5) is 40.6. The number of para-hydroxylation sites is 1. The normalized spacial score (nSPS) is 19.1. The quantitative estimate of drug-likeness (QED) is 0.560. The fourth-order valence-corrected chi connectivity index (χ4v) is 3.82. The second kappa shape index (κ2) is 7.84. The molecule has 8 nitrogen and oxygen atoms in total. The number of hydrogen-bond donors (Lipinski definition) is 1. The van der Waals surface area contributed by atoms with E-state index in [2.05, 4.69) is 21.2 Å². The van der Waals surface area contributed by atoms with E-state index < -0.39 is 17.8 Å². The third-order valence-electron chi connectivity index (χ3n) is 4.73. The van der Waals surface area contributed by atoms with Gasteiger partial charge in [-0.1, -0.05) is 18.2 Å². The summed E-state index contributed by atoms with van der Waals surface area (Å²) in [6.07, 6.45) is 1.35. The van der Waals surface area contributed by atoms with E-state index >= 15 is 0 Å². The molecule has 0 spiro atoms. The number of urea groups is 1. The van der Waals surface area contributed by atoms with Crippen molar-refractivity contribution in [1.29, 1.82) is 0 Å². The van der Waals surface area contributed by atoms with Crippen LogP contribution < -0.4 is 15.1 Å². The number of halogens is 1. The predicted octanol–water partition coefficient (Wildman–Crippen LogP) is 2.85. The zero-order chi connectivity index (χ0) is 20.5. The zero-order valence-corrected chi connectivity index (χ0v) is 17.2. The molecular formula is C20H18BrN3O5. The number of amides is 4. The number of morpholine rings is 1. The minimum atomic E-state index is -0.777. The number of hydrogen-bond acceptors (Lipinski definition) is 6. The van der Waals surface area contributed by atoms with Gasteiger partial charge in [-0.25, -0.2) is 9.69 Å². The van der Waals surface area contributed by atoms with Crippen molar-refractivity contribution in [1.82, 2.24) is 5.32 Å². The Morgan fingerprint density at radius 2 is 1.86 bits per heavy atom. The zero-order valence-electron chi connectivity index (χ0n) is 15.6. The second-order valence-corrected chi connectivity index (χ2v) is 7.50. The van der Waals surface area contributed by atoms with Gasteiger partial charge in [0, 0.05) is 19.2 Å². The van der Waals surface area contributed by atoms with Crippen LogP contribution in [0.4, 0.5) is 16.4 Å². The lowest BCUT2D eigenvalue weighted by Crippen LogP contribution is -2.54. The van der Waals surface area contributed by atoms with E-state index in [1.165, 1.54) is 6.08 Å². The number of imide groups is 2. The molecule has 0 bridgehead atoms. The maximum atomic E-state index is 13.0. The number of anilines is 2. The van der Waals surface area contributed by atoms with Crippen molar-refractivity contribution in [3.05, 3.63) is 51.7 Å². The molecule has 1 aromatic carbocycles. The molecule has 0 saturated carbocycles. The van der Waals surface area contributed by atoms with Crippen molar-refractivity contribution in [2.45, 2.75) is 6.92 Å². The largest absolute Gasteiger partial charge is 0.440 e. The van der Waals surface area contributed by atoms with E-state index in [0.717, 1.165) is 10.5 Å². The summed E-state index contributed by atoms with van der Waals surface area (Å²) in [6, 6.07) is 7.88. The number of ether oxygens (including phenoxy) is 1. The van der Waals surface area contributed by atoms with E-state index in [0.29, 0.717) is 48.1 Å². The predicted molar refractivity (Wildman–Crippen MR) is 110 cm³/mol. The smallest absolute Gasteiger partial charge is 0.335 e. The van der Waals surface area contributed by atoms with Gasteiger partial charge in [0.1, 0.15) is 11.3 Å². The van der Waals surface area contributed by atoms with E-state index in [4.69, 9.17) is 9.15 Å². The Balaban J connectivity index is 1.67. The van der Waals surface area contributed by atoms with Gasteiger partial charge in [-0.05, 0) is 40.6 Å². The lowest BCUT2D eigenvalue weighted by molar-refractivity contribution is -0.122. The third-order valence-corrected chi connectivity index (χ3v) is 5.30. The minimum Gasteiger partial charge on any atom is -0.440 e. The van der Waals surface area contributed by atoms with Gasteiger partial charge in [-0.15, -0.1) is 0 Å². The van der Waals surface area contributed by atoms with Crippen LogP contribution in [0.25, 0.3) is 6.08 Å². The number of benzene rings is 1. The van der Waals surface area contributed by atoms with Crippen LogP contribution in [0, 0.1) is 6.92 Å². The first-order valence-electron chi connectivity index (χ1n) is 9.05. The summed E-state index contributed by atoms with van der Waals surface area (Å²) in [7, 11) is 0. The van der Waals surface area contributed by atoms with Crippen LogP contribution in [0.3, 0.4) is 0 Å². The molecule has 1 aromatic heterocycles. The molecule has 0 atom stereocenters. The van der Waals surface area contributed by atoms with Gasteiger partial charge in [0.25, 0.3) is 11.8 Å². The topological polar surface area (TPSA) is 92.1 Å². The second-order valence-electron chi connectivity index (χ2n) is 6.65. The van der Waals surface area contributed by atoms with Gasteiger partial charge < -0.3 is 14.1 Å². The molecule has 0 unspecified atom stereocenters. The molecule has 2 fully saturated rings. The number of carbonyl (C=O) groups excluding carboxylic acids is 3. The Labute approximate surface area is 175 Å². The Bertz CT molecular complexity index is 1020. The molecule has 29 heavy (non-hydrogen) atoms. The minimum absolute atomic E-state index is 0.178. The van der Waals surface area contributed by atoms with Gasteiger partial charge in [-0.3, -0.25) is 14.9 Å². The summed E-state index contributed by atoms with van der Waals surface area (Å²) in [6.45, 7) is 4.33. The number of aryl methyl sites for hydroxylation is 1. The number of furan rings is 1. The average molecular weight is 460 g/mol. The highest BCUT2D eigenvalue weighted by molar-refractivity contribution is 9.10. The van der Waals surface area contributed by atoms with E-state index in [1.807, 2.05) is 4.90 Å². The van der Waals surface area contributed by atoms with Crippen LogP contribution in [0.15, 0.2) is 44.8 Å². The van der Waals surface area contributed by atoms with Gasteiger partial charge in [0.15, 0.2) is 0 Å². The SMILES string of the molecule is Cc1ccccc1N1C(=O)NC(=O)/C(=C\c2cc(Br)c(N3CCOCC3)o2)C1=O. The molecule has 9 heteroatoms. The van der Waals surface area contributed by atoms with Crippen molar-refractivity contribution >= 4 is 51.4 Å². The van der Waals surface area contributed by atoms with Gasteiger partial charge in [-0.2, -0.15) is 0 Å². The molecule has 2 aliphatic heterocycles. The Morgan fingerprint density at radius 3 is 2.59 bits per heavy atom. The maximum Gasteiger partial charge on any atom is 0.335 e. The van der Waals surface area contributed by atoms with Crippen LogP contribution >= 0.6 is 15.9 Å². The number of carbonyl (C=O) groups is 3. The van der Waals surface area contributed by atoms with E-state index in [1.54, 1.807) is 37.3 Å². The number of nitrogens with one attached hydrogen (secondary N) is 1. The van der Waals surface area contributed by atoms with Crippen molar-refractivity contribution in [3.8, 4) is 0 Å². The summed E-state index contributed by atoms with van der Waals surface area (Å²) in [5, 5.41) is 2.22. The lowest BCUT2D eigenvalue weighted by atomic mass is 10.1. The first-order valence-corrected chi connectivity index (χ1v) is 9.84. The highest BCUT2D eigenvalue weighted by Gasteiger charge is 2.37. The highest BCUT2D eigenvalue weighted by Crippen LogP contribution is 2.32. The first-order chi connectivity index (χ1) is 14.0. The van der Waals surface area contributed by atoms with E-state index in [9.17, 15) is 14.4 Å². The summed E-state index contributed by atoms with van der Waals surface area (Å²) in [5.41, 5.74) is 0.978. The molecular weight excluding hydrogens is 442 g/mol. The Morgan fingerprint density at radius 1 is 1.14 bits per heavy atom. The summed E-state index contributed by atoms with van der Waals surface area (Å²) in [5.74, 6) is -0.523. The van der Waals surface area contributed by atoms with Gasteiger partial charge in [0.2, 0.25) is 5.88 Å². The molecule has 0 aliphatic carbocycles. The average Bonchev–Trinajstić information content (AvgIpc) is 3.07. The van der Waals surface area contributed by atoms with Crippen molar-refractivity contribution < 1.29 is 23.5 Å². The molecule has 0 radical (unpaired) electrons. The molecule has 4 rings (SSSR count). The number of rotatable bonds is 3. The fraction of sp³-hybridized carbons (Fsp3) is 0.250. The van der Waals surface area contributed by atoms with Crippen LogP contribution in [0.2, 0.25) is 0 Å². The molecule has 3 heterocycles. The van der Waals surface area contributed by atoms with Crippen LogP contribution in [-0.2, 0) is 14.3 Å². The molecule has 1 N–H and O–H groups in total. The lowest BCUT2D eigenvalue weighted by Gasteiger charge is -2.27. The number of barbiturate groups is 1. The van der Waals surface area contributed by atoms with Crippen LogP contribution in [0.1, 0.15) is 11.3 Å². The standard InChI is InChI=1S/C20H18BrN3O5/c1-12-4-2-3-5-16(12)24-18(26)14(17(25)22-20(24)27)10-13-11-15(21)19(29-13)23-6-8-28-9-7-23/h2-5,10-11H,6-9H2,1H3,(H,22,25,27)/b14-10+. The first kappa shape index (κ1) is 19.4. The van der Waals surface area contributed by atoms with Crippen molar-refractivity contribution in [2.75, 3.05) is 36.1 Å². The van der Waals surface area contributed by atoms with Gasteiger partial charge >= 0.3 is 6.03 Å². The highest BCUT2D eigenvalue weighted by atomic mass is 79.9. The fourth-order valence-electron chi connectivity index (χ4n) is 3.26. The van der Waals surface area contributed by atoms with E-state index in [-0.39, 0.29) is 5.57 Å². The molecule has 150 valence electrons. The molecule has 2 aromatic rings.